The molecule has 0 bridgehead atoms. The molecule has 0 aliphatic rings. The van der Waals surface area contributed by atoms with Crippen molar-refractivity contribution in [1.29, 1.82) is 0 Å². The van der Waals surface area contributed by atoms with Crippen LogP contribution in [0.4, 0.5) is 15.2 Å². The SMILES string of the molecule is CCCCC(=O)Nc1nnc(SCC(=O)Nc2ccc(F)cc2)s1. The Morgan fingerprint density at radius 3 is 2.62 bits per heavy atom. The standard InChI is InChI=1S/C15H17FN4O2S2/c1-2-3-4-12(21)18-14-19-20-15(24-14)23-9-13(22)17-11-7-5-10(16)6-8-11/h5-8H,2-4,9H2,1H3,(H,17,22)(H,18,19,21). The second-order valence-electron chi connectivity index (χ2n) is 4.87. The number of unbranched alkanes of at least 4 members (excludes halogenated alkanes) is 1. The monoisotopic (exact) mass is 368 g/mol. The summed E-state index contributed by atoms with van der Waals surface area (Å²) >= 11 is 2.45. The van der Waals surface area contributed by atoms with Crippen LogP contribution in [-0.2, 0) is 9.59 Å². The van der Waals surface area contributed by atoms with E-state index in [4.69, 9.17) is 0 Å². The molecule has 0 aliphatic carbocycles. The minimum absolute atomic E-state index is 0.0846. The van der Waals surface area contributed by atoms with Crippen molar-refractivity contribution >= 4 is 45.7 Å². The Hall–Kier alpha value is -2.00. The third-order valence-electron chi connectivity index (χ3n) is 2.86. The van der Waals surface area contributed by atoms with Crippen molar-refractivity contribution in [2.45, 2.75) is 30.5 Å². The average Bonchev–Trinajstić information content (AvgIpc) is 3.00. The van der Waals surface area contributed by atoms with E-state index in [-0.39, 0.29) is 23.4 Å². The molecule has 0 unspecified atom stereocenters. The molecule has 0 saturated carbocycles. The van der Waals surface area contributed by atoms with Gasteiger partial charge in [0.05, 0.1) is 5.75 Å². The normalized spacial score (nSPS) is 10.4. The maximum Gasteiger partial charge on any atom is 0.234 e. The molecule has 1 aromatic heterocycles. The molecule has 0 spiro atoms. The molecule has 0 fully saturated rings. The van der Waals surface area contributed by atoms with E-state index >= 15 is 0 Å². The molecule has 6 nitrogen and oxygen atoms in total. The highest BCUT2D eigenvalue weighted by atomic mass is 32.2. The number of anilines is 2. The maximum atomic E-state index is 12.8. The van der Waals surface area contributed by atoms with E-state index in [9.17, 15) is 14.0 Å². The molecular formula is C15H17FN4O2S2. The van der Waals surface area contributed by atoms with E-state index in [0.29, 0.717) is 21.6 Å². The summed E-state index contributed by atoms with van der Waals surface area (Å²) < 4.78 is 13.4. The van der Waals surface area contributed by atoms with Gasteiger partial charge in [-0.05, 0) is 30.7 Å². The number of rotatable bonds is 8. The first-order valence-corrected chi connectivity index (χ1v) is 9.18. The van der Waals surface area contributed by atoms with E-state index in [1.54, 1.807) is 0 Å². The third kappa shape index (κ3) is 6.25. The van der Waals surface area contributed by atoms with Crippen LogP contribution in [-0.4, -0.2) is 27.8 Å². The lowest BCUT2D eigenvalue weighted by Crippen LogP contribution is -2.13. The summed E-state index contributed by atoms with van der Waals surface area (Å²) in [7, 11) is 0. The number of nitrogens with one attached hydrogen (secondary N) is 2. The molecule has 9 heteroatoms. The lowest BCUT2D eigenvalue weighted by Gasteiger charge is -2.03. The average molecular weight is 368 g/mol. The topological polar surface area (TPSA) is 84.0 Å². The first-order valence-electron chi connectivity index (χ1n) is 7.38. The number of nitrogens with zero attached hydrogens (tertiary/aromatic N) is 2. The zero-order valence-corrected chi connectivity index (χ0v) is 14.7. The van der Waals surface area contributed by atoms with Crippen LogP contribution in [0, 0.1) is 5.82 Å². The van der Waals surface area contributed by atoms with Crippen LogP contribution in [0.1, 0.15) is 26.2 Å². The van der Waals surface area contributed by atoms with Crippen LogP contribution >= 0.6 is 23.1 Å². The highest BCUT2D eigenvalue weighted by Gasteiger charge is 2.10. The predicted molar refractivity (Wildman–Crippen MR) is 93.8 cm³/mol. The van der Waals surface area contributed by atoms with Gasteiger partial charge in [0.1, 0.15) is 5.82 Å². The fourth-order valence-electron chi connectivity index (χ4n) is 1.70. The Morgan fingerprint density at radius 1 is 1.17 bits per heavy atom. The highest BCUT2D eigenvalue weighted by molar-refractivity contribution is 8.01. The summed E-state index contributed by atoms with van der Waals surface area (Å²) in [4.78, 5) is 23.4. The number of hydrogen-bond acceptors (Lipinski definition) is 6. The molecule has 1 heterocycles. The molecule has 1 aromatic carbocycles. The second kappa shape index (κ2) is 9.33. The van der Waals surface area contributed by atoms with Crippen molar-refractivity contribution in [3.63, 3.8) is 0 Å². The second-order valence-corrected chi connectivity index (χ2v) is 7.07. The first-order chi connectivity index (χ1) is 11.6. The lowest BCUT2D eigenvalue weighted by atomic mass is 10.2. The molecule has 2 aromatic rings. The van der Waals surface area contributed by atoms with Crippen LogP contribution in [0.5, 0.6) is 0 Å². The zero-order chi connectivity index (χ0) is 17.4. The van der Waals surface area contributed by atoms with Crippen LogP contribution in [0.25, 0.3) is 0 Å². The Balaban J connectivity index is 1.76. The minimum atomic E-state index is -0.357. The van der Waals surface area contributed by atoms with Gasteiger partial charge in [-0.25, -0.2) is 4.39 Å². The van der Waals surface area contributed by atoms with Gasteiger partial charge >= 0.3 is 0 Å². The number of halogens is 1. The summed E-state index contributed by atoms with van der Waals surface area (Å²) in [6, 6.07) is 5.54. The summed E-state index contributed by atoms with van der Waals surface area (Å²) in [5.74, 6) is -0.519. The maximum absolute atomic E-state index is 12.8. The Kier molecular flexibility index (Phi) is 7.13. The number of carbonyl (C=O) groups excluding carboxylic acids is 2. The van der Waals surface area contributed by atoms with E-state index in [0.717, 1.165) is 12.8 Å². The fraction of sp³-hybridized carbons (Fsp3) is 0.333. The number of amides is 2. The fourth-order valence-corrected chi connectivity index (χ4v) is 3.26. The molecule has 24 heavy (non-hydrogen) atoms. The Bertz CT molecular complexity index is 691. The smallest absolute Gasteiger partial charge is 0.234 e. The molecule has 128 valence electrons. The van der Waals surface area contributed by atoms with Crippen LogP contribution in [0.15, 0.2) is 28.6 Å². The predicted octanol–water partition coefficient (Wildman–Crippen LogP) is 3.54. The van der Waals surface area contributed by atoms with Crippen molar-refractivity contribution in [3.05, 3.63) is 30.1 Å². The van der Waals surface area contributed by atoms with Gasteiger partial charge in [-0.1, -0.05) is 36.4 Å². The molecule has 0 saturated heterocycles. The van der Waals surface area contributed by atoms with Gasteiger partial charge in [-0.15, -0.1) is 10.2 Å². The summed E-state index contributed by atoms with van der Waals surface area (Å²) in [6.45, 7) is 2.02. The molecule has 2 amide bonds. The molecular weight excluding hydrogens is 351 g/mol. The first kappa shape index (κ1) is 18.3. The van der Waals surface area contributed by atoms with Crippen molar-refractivity contribution < 1.29 is 14.0 Å². The van der Waals surface area contributed by atoms with Crippen LogP contribution in [0.3, 0.4) is 0 Å². The van der Waals surface area contributed by atoms with Gasteiger partial charge in [0.25, 0.3) is 0 Å². The number of thioether (sulfide) groups is 1. The van der Waals surface area contributed by atoms with Gasteiger partial charge in [0.15, 0.2) is 4.34 Å². The molecule has 0 aliphatic heterocycles. The largest absolute Gasteiger partial charge is 0.325 e. The summed E-state index contributed by atoms with van der Waals surface area (Å²) in [5, 5.41) is 13.6. The van der Waals surface area contributed by atoms with E-state index in [1.807, 2.05) is 6.92 Å². The number of benzene rings is 1. The van der Waals surface area contributed by atoms with Gasteiger partial charge in [-0.3, -0.25) is 9.59 Å². The van der Waals surface area contributed by atoms with Crippen LogP contribution in [0.2, 0.25) is 0 Å². The van der Waals surface area contributed by atoms with E-state index in [1.165, 1.54) is 47.4 Å². The minimum Gasteiger partial charge on any atom is -0.325 e. The number of hydrogen-bond donors (Lipinski definition) is 2. The number of carbonyl (C=O) groups is 2. The molecule has 0 radical (unpaired) electrons. The highest BCUT2D eigenvalue weighted by Crippen LogP contribution is 2.25. The van der Waals surface area contributed by atoms with E-state index < -0.39 is 0 Å². The number of aromatic nitrogens is 2. The van der Waals surface area contributed by atoms with E-state index in [2.05, 4.69) is 20.8 Å². The third-order valence-corrected chi connectivity index (χ3v) is 4.84. The zero-order valence-electron chi connectivity index (χ0n) is 13.0. The molecule has 2 N–H and O–H groups in total. The van der Waals surface area contributed by atoms with Crippen LogP contribution < -0.4 is 10.6 Å². The summed E-state index contributed by atoms with van der Waals surface area (Å²) in [6.07, 6.45) is 2.24. The van der Waals surface area contributed by atoms with Crippen molar-refractivity contribution in [1.82, 2.24) is 10.2 Å². The van der Waals surface area contributed by atoms with Crippen molar-refractivity contribution in [3.8, 4) is 0 Å². The summed E-state index contributed by atoms with van der Waals surface area (Å²) in [5.41, 5.74) is 0.531. The van der Waals surface area contributed by atoms with Gasteiger partial charge in [0.2, 0.25) is 16.9 Å². The molecule has 2 rings (SSSR count). The van der Waals surface area contributed by atoms with Gasteiger partial charge in [0, 0.05) is 12.1 Å². The van der Waals surface area contributed by atoms with Gasteiger partial charge < -0.3 is 10.6 Å². The lowest BCUT2D eigenvalue weighted by molar-refractivity contribution is -0.116. The van der Waals surface area contributed by atoms with Crippen molar-refractivity contribution in [2.75, 3.05) is 16.4 Å². The Labute approximate surface area is 147 Å². The molecule has 0 atom stereocenters. The van der Waals surface area contributed by atoms with Crippen molar-refractivity contribution in [2.24, 2.45) is 0 Å². The Morgan fingerprint density at radius 2 is 1.92 bits per heavy atom. The quantitative estimate of drug-likeness (QED) is 0.550. The van der Waals surface area contributed by atoms with Gasteiger partial charge in [-0.2, -0.15) is 0 Å².